The SMILES string of the molecule is CC(C)(C)c1ccc(OCCCC(=O)N2CCCC(N)C2)cc1. The zero-order chi connectivity index (χ0) is 16.9. The lowest BCUT2D eigenvalue weighted by molar-refractivity contribution is -0.132. The van der Waals surface area contributed by atoms with Crippen molar-refractivity contribution in [2.45, 2.75) is 57.9 Å². The van der Waals surface area contributed by atoms with Gasteiger partial charge in [-0.05, 0) is 42.4 Å². The average Bonchev–Trinajstić information content (AvgIpc) is 2.51. The third kappa shape index (κ3) is 5.54. The van der Waals surface area contributed by atoms with Crippen molar-refractivity contribution < 1.29 is 9.53 Å². The molecule has 1 atom stereocenters. The molecule has 2 rings (SSSR count). The van der Waals surface area contributed by atoms with E-state index in [2.05, 4.69) is 32.9 Å². The van der Waals surface area contributed by atoms with Crippen LogP contribution in [0.15, 0.2) is 24.3 Å². The number of amides is 1. The fraction of sp³-hybridized carbons (Fsp3) is 0.632. The standard InChI is InChI=1S/C19H30N2O2/c1-19(2,3)15-8-10-17(11-9-15)23-13-5-7-18(22)21-12-4-6-16(20)14-21/h8-11,16H,4-7,12-14,20H2,1-3H3. The van der Waals surface area contributed by atoms with Crippen molar-refractivity contribution in [2.75, 3.05) is 19.7 Å². The first kappa shape index (κ1) is 17.8. The van der Waals surface area contributed by atoms with Gasteiger partial charge in [0.1, 0.15) is 5.75 Å². The van der Waals surface area contributed by atoms with E-state index in [0.29, 0.717) is 19.6 Å². The summed E-state index contributed by atoms with van der Waals surface area (Å²) in [5.74, 6) is 1.07. The minimum Gasteiger partial charge on any atom is -0.494 e. The number of nitrogens with zero attached hydrogens (tertiary/aromatic N) is 1. The van der Waals surface area contributed by atoms with Gasteiger partial charge in [0.15, 0.2) is 0 Å². The third-order valence-corrected chi connectivity index (χ3v) is 4.33. The summed E-state index contributed by atoms with van der Waals surface area (Å²) in [5.41, 5.74) is 7.36. The molecule has 1 fully saturated rings. The van der Waals surface area contributed by atoms with Gasteiger partial charge >= 0.3 is 0 Å². The van der Waals surface area contributed by atoms with Crippen molar-refractivity contribution in [2.24, 2.45) is 5.73 Å². The van der Waals surface area contributed by atoms with E-state index in [0.717, 1.165) is 31.6 Å². The molecule has 1 aliphatic rings. The molecule has 1 unspecified atom stereocenters. The fourth-order valence-corrected chi connectivity index (χ4v) is 2.86. The molecule has 4 nitrogen and oxygen atoms in total. The fourth-order valence-electron chi connectivity index (χ4n) is 2.86. The number of nitrogens with two attached hydrogens (primary N) is 1. The van der Waals surface area contributed by atoms with Crippen LogP contribution < -0.4 is 10.5 Å². The van der Waals surface area contributed by atoms with Crippen LogP contribution in [0.1, 0.15) is 52.0 Å². The molecule has 1 amide bonds. The van der Waals surface area contributed by atoms with Gasteiger partial charge in [-0.1, -0.05) is 32.9 Å². The van der Waals surface area contributed by atoms with Crippen molar-refractivity contribution in [1.82, 2.24) is 4.90 Å². The molecular formula is C19H30N2O2. The van der Waals surface area contributed by atoms with Crippen LogP contribution in [-0.4, -0.2) is 36.5 Å². The van der Waals surface area contributed by atoms with Gasteiger partial charge in [0, 0.05) is 25.6 Å². The lowest BCUT2D eigenvalue weighted by Crippen LogP contribution is -2.45. The van der Waals surface area contributed by atoms with Crippen LogP contribution in [0.2, 0.25) is 0 Å². The number of hydrogen-bond acceptors (Lipinski definition) is 3. The molecule has 0 saturated carbocycles. The highest BCUT2D eigenvalue weighted by molar-refractivity contribution is 5.76. The van der Waals surface area contributed by atoms with Crippen LogP contribution in [0.5, 0.6) is 5.75 Å². The van der Waals surface area contributed by atoms with Gasteiger partial charge in [0.25, 0.3) is 0 Å². The van der Waals surface area contributed by atoms with E-state index in [1.807, 2.05) is 17.0 Å². The van der Waals surface area contributed by atoms with Crippen LogP contribution >= 0.6 is 0 Å². The Bertz CT molecular complexity index is 505. The van der Waals surface area contributed by atoms with Crippen LogP contribution in [-0.2, 0) is 10.2 Å². The molecule has 0 radical (unpaired) electrons. The summed E-state index contributed by atoms with van der Waals surface area (Å²) in [5, 5.41) is 0. The molecule has 128 valence electrons. The van der Waals surface area contributed by atoms with Crippen LogP contribution in [0.25, 0.3) is 0 Å². The zero-order valence-electron chi connectivity index (χ0n) is 14.7. The number of carbonyl (C=O) groups is 1. The quantitative estimate of drug-likeness (QED) is 0.849. The molecule has 0 aromatic heterocycles. The lowest BCUT2D eigenvalue weighted by Gasteiger charge is -2.30. The van der Waals surface area contributed by atoms with E-state index >= 15 is 0 Å². The summed E-state index contributed by atoms with van der Waals surface area (Å²) in [7, 11) is 0. The molecule has 1 aromatic rings. The van der Waals surface area contributed by atoms with E-state index in [1.165, 1.54) is 5.56 Å². The molecule has 0 aliphatic carbocycles. The molecule has 23 heavy (non-hydrogen) atoms. The second kappa shape index (κ2) is 7.82. The van der Waals surface area contributed by atoms with Crippen molar-refractivity contribution in [1.29, 1.82) is 0 Å². The second-order valence-electron chi connectivity index (χ2n) is 7.47. The summed E-state index contributed by atoms with van der Waals surface area (Å²) in [6.45, 7) is 8.71. The van der Waals surface area contributed by atoms with Gasteiger partial charge in [-0.25, -0.2) is 0 Å². The molecule has 1 heterocycles. The Morgan fingerprint density at radius 2 is 2.00 bits per heavy atom. The molecule has 1 saturated heterocycles. The maximum absolute atomic E-state index is 12.1. The summed E-state index contributed by atoms with van der Waals surface area (Å²) < 4.78 is 5.74. The molecular weight excluding hydrogens is 288 g/mol. The Morgan fingerprint density at radius 1 is 1.30 bits per heavy atom. The number of carbonyl (C=O) groups excluding carboxylic acids is 1. The smallest absolute Gasteiger partial charge is 0.222 e. The Kier molecular flexibility index (Phi) is 6.05. The summed E-state index contributed by atoms with van der Waals surface area (Å²) >= 11 is 0. The number of hydrogen-bond donors (Lipinski definition) is 1. The molecule has 4 heteroatoms. The van der Waals surface area contributed by atoms with Crippen molar-refractivity contribution in [3.8, 4) is 5.75 Å². The molecule has 0 spiro atoms. The van der Waals surface area contributed by atoms with Gasteiger partial charge in [-0.15, -0.1) is 0 Å². The van der Waals surface area contributed by atoms with Gasteiger partial charge in [0.05, 0.1) is 6.61 Å². The van der Waals surface area contributed by atoms with Crippen molar-refractivity contribution in [3.05, 3.63) is 29.8 Å². The highest BCUT2D eigenvalue weighted by atomic mass is 16.5. The van der Waals surface area contributed by atoms with Crippen LogP contribution in [0.4, 0.5) is 0 Å². The topological polar surface area (TPSA) is 55.6 Å². The first-order chi connectivity index (χ1) is 10.9. The predicted molar refractivity (Wildman–Crippen MR) is 93.7 cm³/mol. The van der Waals surface area contributed by atoms with Gasteiger partial charge in [0.2, 0.25) is 5.91 Å². The van der Waals surface area contributed by atoms with Crippen molar-refractivity contribution >= 4 is 5.91 Å². The van der Waals surface area contributed by atoms with Gasteiger partial charge < -0.3 is 15.4 Å². The first-order valence-electron chi connectivity index (χ1n) is 8.63. The Morgan fingerprint density at radius 3 is 2.61 bits per heavy atom. The summed E-state index contributed by atoms with van der Waals surface area (Å²) in [4.78, 5) is 14.0. The zero-order valence-corrected chi connectivity index (χ0v) is 14.7. The maximum Gasteiger partial charge on any atom is 0.222 e. The Hall–Kier alpha value is -1.55. The van der Waals surface area contributed by atoms with E-state index in [-0.39, 0.29) is 17.4 Å². The largest absolute Gasteiger partial charge is 0.494 e. The van der Waals surface area contributed by atoms with Gasteiger partial charge in [-0.2, -0.15) is 0 Å². The molecule has 1 aromatic carbocycles. The number of piperidine rings is 1. The molecule has 1 aliphatic heterocycles. The predicted octanol–water partition coefficient (Wildman–Crippen LogP) is 3.09. The minimum absolute atomic E-state index is 0.144. The second-order valence-corrected chi connectivity index (χ2v) is 7.47. The van der Waals surface area contributed by atoms with E-state index in [9.17, 15) is 4.79 Å². The normalized spacial score (nSPS) is 18.8. The number of rotatable bonds is 5. The average molecular weight is 318 g/mol. The lowest BCUT2D eigenvalue weighted by atomic mass is 9.87. The van der Waals surface area contributed by atoms with Gasteiger partial charge in [-0.3, -0.25) is 4.79 Å². The van der Waals surface area contributed by atoms with Crippen molar-refractivity contribution in [3.63, 3.8) is 0 Å². The van der Waals surface area contributed by atoms with E-state index < -0.39 is 0 Å². The highest BCUT2D eigenvalue weighted by Crippen LogP contribution is 2.24. The number of likely N-dealkylation sites (tertiary alicyclic amines) is 1. The minimum atomic E-state index is 0.144. The highest BCUT2D eigenvalue weighted by Gasteiger charge is 2.20. The summed E-state index contributed by atoms with van der Waals surface area (Å²) in [6.07, 6.45) is 3.32. The van der Waals surface area contributed by atoms with Crippen LogP contribution in [0.3, 0.4) is 0 Å². The third-order valence-electron chi connectivity index (χ3n) is 4.33. The van der Waals surface area contributed by atoms with Crippen LogP contribution in [0, 0.1) is 0 Å². The molecule has 0 bridgehead atoms. The summed E-state index contributed by atoms with van der Waals surface area (Å²) in [6, 6.07) is 8.37. The molecule has 2 N–H and O–H groups in total. The van der Waals surface area contributed by atoms with E-state index in [4.69, 9.17) is 10.5 Å². The van der Waals surface area contributed by atoms with E-state index in [1.54, 1.807) is 0 Å². The number of ether oxygens (including phenoxy) is 1. The maximum atomic E-state index is 12.1. The Labute approximate surface area is 140 Å². The number of benzene rings is 1. The monoisotopic (exact) mass is 318 g/mol. The Balaban J connectivity index is 1.70. The first-order valence-corrected chi connectivity index (χ1v) is 8.63.